The molecule has 0 saturated heterocycles. The van der Waals surface area contributed by atoms with Crippen molar-refractivity contribution >= 4 is 23.5 Å². The molecule has 7 heteroatoms. The molecule has 1 amide bonds. The molecule has 0 aromatic carbocycles. The Morgan fingerprint density at radius 2 is 2.00 bits per heavy atom. The maximum absolute atomic E-state index is 11.5. The molecule has 3 N–H and O–H groups in total. The molecular weight excluding hydrogens is 302 g/mol. The molecule has 1 saturated carbocycles. The Balaban J connectivity index is 1.58. The van der Waals surface area contributed by atoms with Crippen molar-refractivity contribution in [3.05, 3.63) is 29.0 Å². The van der Waals surface area contributed by atoms with Crippen molar-refractivity contribution in [3.8, 4) is 0 Å². The second-order valence-electron chi connectivity index (χ2n) is 5.23. The summed E-state index contributed by atoms with van der Waals surface area (Å²) in [6.45, 7) is 2.01. The van der Waals surface area contributed by atoms with Crippen LogP contribution in [0.4, 0.5) is 0 Å². The highest BCUT2D eigenvalue weighted by Crippen LogP contribution is 2.28. The van der Waals surface area contributed by atoms with E-state index in [4.69, 9.17) is 11.6 Å². The fourth-order valence-electron chi connectivity index (χ4n) is 1.96. The number of hydrogen-bond acceptors (Lipinski definition) is 3. The van der Waals surface area contributed by atoms with Crippen LogP contribution in [0.3, 0.4) is 0 Å². The van der Waals surface area contributed by atoms with Crippen LogP contribution in [0.1, 0.15) is 18.4 Å². The van der Waals surface area contributed by atoms with Gasteiger partial charge in [0.25, 0.3) is 0 Å². The van der Waals surface area contributed by atoms with Crippen molar-refractivity contribution in [1.29, 1.82) is 0 Å². The van der Waals surface area contributed by atoms with E-state index in [2.05, 4.69) is 25.9 Å². The van der Waals surface area contributed by atoms with Crippen molar-refractivity contribution in [3.63, 3.8) is 0 Å². The third-order valence-electron chi connectivity index (χ3n) is 3.38. The normalized spacial score (nSPS) is 14.5. The molecule has 1 aliphatic carbocycles. The molecule has 0 spiro atoms. The Hall–Kier alpha value is -1.82. The lowest BCUT2D eigenvalue weighted by Gasteiger charge is -2.12. The molecule has 1 aliphatic rings. The molecule has 0 unspecified atom stereocenters. The van der Waals surface area contributed by atoms with E-state index in [0.29, 0.717) is 18.2 Å². The van der Waals surface area contributed by atoms with Crippen LogP contribution in [0, 0.1) is 5.92 Å². The van der Waals surface area contributed by atoms with E-state index >= 15 is 0 Å². The largest absolute Gasteiger partial charge is 0.356 e. The second kappa shape index (κ2) is 8.58. The number of aliphatic imine (C=N–C) groups is 1. The number of rotatable bonds is 7. The topological polar surface area (TPSA) is 78.4 Å². The number of nitrogens with one attached hydrogen (secondary N) is 3. The summed E-state index contributed by atoms with van der Waals surface area (Å²) in [5.74, 6) is 1.15. The summed E-state index contributed by atoms with van der Waals surface area (Å²) >= 11 is 5.75. The summed E-state index contributed by atoms with van der Waals surface area (Å²) in [6, 6.07) is 3.74. The fourth-order valence-corrected chi connectivity index (χ4v) is 2.07. The average Bonchev–Trinajstić information content (AvgIpc) is 3.36. The zero-order valence-corrected chi connectivity index (χ0v) is 13.5. The summed E-state index contributed by atoms with van der Waals surface area (Å²) in [4.78, 5) is 19.7. The summed E-state index contributed by atoms with van der Waals surface area (Å²) < 4.78 is 0. The van der Waals surface area contributed by atoms with E-state index in [1.54, 1.807) is 19.3 Å². The van der Waals surface area contributed by atoms with Crippen molar-refractivity contribution in [2.45, 2.75) is 19.3 Å². The van der Waals surface area contributed by atoms with E-state index in [0.717, 1.165) is 37.3 Å². The van der Waals surface area contributed by atoms with Crippen molar-refractivity contribution in [2.24, 2.45) is 10.9 Å². The van der Waals surface area contributed by atoms with Gasteiger partial charge in [0.15, 0.2) is 5.96 Å². The van der Waals surface area contributed by atoms with Gasteiger partial charge in [0.2, 0.25) is 5.91 Å². The van der Waals surface area contributed by atoms with Gasteiger partial charge < -0.3 is 16.0 Å². The molecule has 1 fully saturated rings. The molecule has 0 atom stereocenters. The third kappa shape index (κ3) is 5.89. The number of hydrogen-bond donors (Lipinski definition) is 3. The van der Waals surface area contributed by atoms with E-state index in [9.17, 15) is 4.79 Å². The lowest BCUT2D eigenvalue weighted by molar-refractivity contribution is -0.122. The Morgan fingerprint density at radius 1 is 1.27 bits per heavy atom. The standard InChI is InChI=1S/C15H22ClN5O/c1-17-15(20-9-8-18-14(22)12-3-4-12)19-7-6-11-2-5-13(16)21-10-11/h2,5,10,12H,3-4,6-9H2,1H3,(H,18,22)(H2,17,19,20). The quantitative estimate of drug-likeness (QED) is 0.302. The average molecular weight is 324 g/mol. The van der Waals surface area contributed by atoms with E-state index in [-0.39, 0.29) is 11.8 Å². The van der Waals surface area contributed by atoms with E-state index in [1.807, 2.05) is 6.07 Å². The highest BCUT2D eigenvalue weighted by molar-refractivity contribution is 6.29. The number of pyridine rings is 1. The third-order valence-corrected chi connectivity index (χ3v) is 3.61. The summed E-state index contributed by atoms with van der Waals surface area (Å²) in [5, 5.41) is 9.80. The Bertz CT molecular complexity index is 513. The van der Waals surface area contributed by atoms with Gasteiger partial charge >= 0.3 is 0 Å². The molecule has 6 nitrogen and oxygen atoms in total. The van der Waals surface area contributed by atoms with Crippen LogP contribution in [-0.2, 0) is 11.2 Å². The molecule has 1 aromatic rings. The molecule has 1 aromatic heterocycles. The van der Waals surface area contributed by atoms with E-state index < -0.39 is 0 Å². The molecule has 2 rings (SSSR count). The van der Waals surface area contributed by atoms with Gasteiger partial charge in [-0.15, -0.1) is 0 Å². The van der Waals surface area contributed by atoms with E-state index in [1.165, 1.54) is 0 Å². The van der Waals surface area contributed by atoms with Crippen LogP contribution in [-0.4, -0.2) is 43.5 Å². The van der Waals surface area contributed by atoms with Crippen LogP contribution in [0.25, 0.3) is 0 Å². The van der Waals surface area contributed by atoms with Crippen LogP contribution in [0.15, 0.2) is 23.3 Å². The van der Waals surface area contributed by atoms with Gasteiger partial charge in [0, 0.05) is 38.8 Å². The predicted octanol–water partition coefficient (Wildman–Crippen LogP) is 0.969. The van der Waals surface area contributed by atoms with Crippen molar-refractivity contribution < 1.29 is 4.79 Å². The Labute approximate surface area is 135 Å². The zero-order valence-electron chi connectivity index (χ0n) is 12.7. The molecule has 0 bridgehead atoms. The minimum atomic E-state index is 0.167. The molecule has 120 valence electrons. The first-order chi connectivity index (χ1) is 10.7. The van der Waals surface area contributed by atoms with Crippen LogP contribution >= 0.6 is 11.6 Å². The Kier molecular flexibility index (Phi) is 6.45. The molecule has 0 radical (unpaired) electrons. The number of nitrogens with zero attached hydrogens (tertiary/aromatic N) is 2. The van der Waals surface area contributed by atoms with Gasteiger partial charge in [-0.2, -0.15) is 0 Å². The number of amides is 1. The molecule has 1 heterocycles. The van der Waals surface area contributed by atoms with Crippen LogP contribution < -0.4 is 16.0 Å². The molecule has 0 aliphatic heterocycles. The highest BCUT2D eigenvalue weighted by atomic mass is 35.5. The number of aromatic nitrogens is 1. The van der Waals surface area contributed by atoms with Gasteiger partial charge in [0.1, 0.15) is 5.15 Å². The van der Waals surface area contributed by atoms with Crippen molar-refractivity contribution in [2.75, 3.05) is 26.7 Å². The molecule has 22 heavy (non-hydrogen) atoms. The van der Waals surface area contributed by atoms with Gasteiger partial charge in [-0.05, 0) is 30.9 Å². The number of carbonyl (C=O) groups is 1. The number of guanidine groups is 1. The predicted molar refractivity (Wildman–Crippen MR) is 88.0 cm³/mol. The summed E-state index contributed by atoms with van der Waals surface area (Å²) in [5.41, 5.74) is 1.11. The van der Waals surface area contributed by atoms with Crippen LogP contribution in [0.2, 0.25) is 5.15 Å². The lowest BCUT2D eigenvalue weighted by atomic mass is 10.2. The second-order valence-corrected chi connectivity index (χ2v) is 5.62. The first kappa shape index (κ1) is 16.5. The van der Waals surface area contributed by atoms with Gasteiger partial charge in [0.05, 0.1) is 0 Å². The number of carbonyl (C=O) groups excluding carboxylic acids is 1. The fraction of sp³-hybridized carbons (Fsp3) is 0.533. The number of halogens is 1. The minimum absolute atomic E-state index is 0.167. The zero-order chi connectivity index (χ0) is 15.8. The first-order valence-corrected chi connectivity index (χ1v) is 7.89. The first-order valence-electron chi connectivity index (χ1n) is 7.51. The van der Waals surface area contributed by atoms with Crippen molar-refractivity contribution in [1.82, 2.24) is 20.9 Å². The lowest BCUT2D eigenvalue weighted by Crippen LogP contribution is -2.42. The monoisotopic (exact) mass is 323 g/mol. The summed E-state index contributed by atoms with van der Waals surface area (Å²) in [7, 11) is 1.72. The SMILES string of the molecule is CN=C(NCCNC(=O)C1CC1)NCCc1ccc(Cl)nc1. The molecular formula is C15H22ClN5O. The summed E-state index contributed by atoms with van der Waals surface area (Å²) in [6.07, 6.45) is 4.67. The maximum Gasteiger partial charge on any atom is 0.223 e. The maximum atomic E-state index is 11.5. The highest BCUT2D eigenvalue weighted by Gasteiger charge is 2.28. The van der Waals surface area contributed by atoms with Gasteiger partial charge in [-0.25, -0.2) is 4.98 Å². The minimum Gasteiger partial charge on any atom is -0.356 e. The smallest absolute Gasteiger partial charge is 0.223 e. The van der Waals surface area contributed by atoms with Gasteiger partial charge in [-0.1, -0.05) is 17.7 Å². The van der Waals surface area contributed by atoms with Gasteiger partial charge in [-0.3, -0.25) is 9.79 Å². The van der Waals surface area contributed by atoms with Crippen LogP contribution in [0.5, 0.6) is 0 Å². The Morgan fingerprint density at radius 3 is 2.64 bits per heavy atom.